The predicted molar refractivity (Wildman–Crippen MR) is 100 cm³/mol. The molecule has 0 amide bonds. The first kappa shape index (κ1) is 20.0. The Balaban J connectivity index is 1.32. The third-order valence-corrected chi connectivity index (χ3v) is 7.47. The molecular weight excluding hydrogens is 350 g/mol. The molecule has 0 bridgehead atoms. The Morgan fingerprint density at radius 1 is 0.815 bits per heavy atom. The number of halogens is 2. The minimum absolute atomic E-state index is 0.144. The fourth-order valence-corrected chi connectivity index (χ4v) is 5.87. The summed E-state index contributed by atoms with van der Waals surface area (Å²) >= 11 is 0. The summed E-state index contributed by atoms with van der Waals surface area (Å²) in [5, 5.41) is 0. The first-order chi connectivity index (χ1) is 13.2. The Bertz CT molecular complexity index is 470. The minimum atomic E-state index is -1.13. The molecule has 5 heteroatoms. The Kier molecular flexibility index (Phi) is 6.71. The van der Waals surface area contributed by atoms with Crippen molar-refractivity contribution in [1.29, 1.82) is 0 Å². The van der Waals surface area contributed by atoms with Gasteiger partial charge in [0.15, 0.2) is 12.3 Å². The van der Waals surface area contributed by atoms with E-state index in [9.17, 15) is 0 Å². The van der Waals surface area contributed by atoms with E-state index in [1.54, 1.807) is 0 Å². The normalized spacial score (nSPS) is 45.0. The van der Waals surface area contributed by atoms with Crippen LogP contribution in [0.5, 0.6) is 0 Å². The van der Waals surface area contributed by atoms with Crippen molar-refractivity contribution < 1.29 is 23.0 Å². The lowest BCUT2D eigenvalue weighted by molar-refractivity contribution is -0.135. The number of ether oxygens (including phenoxy) is 3. The van der Waals surface area contributed by atoms with Crippen LogP contribution < -0.4 is 0 Å². The molecule has 0 spiro atoms. The highest BCUT2D eigenvalue weighted by molar-refractivity contribution is 5.04. The summed E-state index contributed by atoms with van der Waals surface area (Å²) < 4.78 is 48.0. The number of fused-ring (bicyclic) bond motifs is 3. The summed E-state index contributed by atoms with van der Waals surface area (Å²) in [6, 6.07) is 0. The highest BCUT2D eigenvalue weighted by atomic mass is 19.1. The zero-order valence-corrected chi connectivity index (χ0v) is 16.7. The van der Waals surface area contributed by atoms with Gasteiger partial charge in [0.1, 0.15) is 0 Å². The molecule has 1 saturated heterocycles. The highest BCUT2D eigenvalue weighted by Gasteiger charge is 2.57. The van der Waals surface area contributed by atoms with Gasteiger partial charge in [0, 0.05) is 13.2 Å². The second kappa shape index (κ2) is 9.04. The first-order valence-corrected chi connectivity index (χ1v) is 11.4. The SMILES string of the molecule is CCCCOC1CCC2C3CCC(OCC4CCCC4)C(F)C3OC2C1F. The van der Waals surface area contributed by atoms with Crippen molar-refractivity contribution in [2.75, 3.05) is 13.2 Å². The second-order valence-corrected chi connectivity index (χ2v) is 9.22. The fourth-order valence-electron chi connectivity index (χ4n) is 5.87. The maximum Gasteiger partial charge on any atom is 0.152 e. The molecule has 0 aromatic rings. The molecular formula is C22H36F2O3. The van der Waals surface area contributed by atoms with Crippen LogP contribution in [0.15, 0.2) is 0 Å². The van der Waals surface area contributed by atoms with Crippen molar-refractivity contribution in [1.82, 2.24) is 0 Å². The van der Waals surface area contributed by atoms with Gasteiger partial charge < -0.3 is 14.2 Å². The summed E-state index contributed by atoms with van der Waals surface area (Å²) in [6.45, 7) is 3.38. The molecule has 1 heterocycles. The topological polar surface area (TPSA) is 27.7 Å². The molecule has 1 aliphatic heterocycles. The number of hydrogen-bond donors (Lipinski definition) is 0. The van der Waals surface area contributed by atoms with Crippen molar-refractivity contribution in [3.63, 3.8) is 0 Å². The van der Waals surface area contributed by atoms with Gasteiger partial charge in [-0.3, -0.25) is 0 Å². The zero-order chi connectivity index (χ0) is 18.8. The molecule has 4 rings (SSSR count). The van der Waals surface area contributed by atoms with Crippen molar-refractivity contribution in [3.05, 3.63) is 0 Å². The van der Waals surface area contributed by atoms with Crippen molar-refractivity contribution in [2.45, 2.75) is 108 Å². The van der Waals surface area contributed by atoms with Gasteiger partial charge in [-0.15, -0.1) is 0 Å². The summed E-state index contributed by atoms with van der Waals surface area (Å²) in [4.78, 5) is 0. The molecule has 0 aromatic carbocycles. The number of rotatable bonds is 7. The van der Waals surface area contributed by atoms with Crippen LogP contribution in [0.25, 0.3) is 0 Å². The average Bonchev–Trinajstić information content (AvgIpc) is 3.31. The summed E-state index contributed by atoms with van der Waals surface area (Å²) in [7, 11) is 0. The molecule has 3 nitrogen and oxygen atoms in total. The Morgan fingerprint density at radius 3 is 2.00 bits per heavy atom. The van der Waals surface area contributed by atoms with Crippen molar-refractivity contribution >= 4 is 0 Å². The van der Waals surface area contributed by atoms with Crippen LogP contribution in [-0.2, 0) is 14.2 Å². The lowest BCUT2D eigenvalue weighted by atomic mass is 9.71. The van der Waals surface area contributed by atoms with Crippen molar-refractivity contribution in [2.24, 2.45) is 17.8 Å². The maximum atomic E-state index is 15.2. The monoisotopic (exact) mass is 386 g/mol. The molecule has 3 saturated carbocycles. The van der Waals surface area contributed by atoms with Gasteiger partial charge >= 0.3 is 0 Å². The summed E-state index contributed by atoms with van der Waals surface area (Å²) in [5.41, 5.74) is 0. The van der Waals surface area contributed by atoms with Crippen LogP contribution in [0.3, 0.4) is 0 Å². The molecule has 156 valence electrons. The average molecular weight is 387 g/mol. The van der Waals surface area contributed by atoms with Gasteiger partial charge in [-0.05, 0) is 62.7 Å². The van der Waals surface area contributed by atoms with Crippen LogP contribution in [0.4, 0.5) is 8.78 Å². The minimum Gasteiger partial charge on any atom is -0.375 e. The number of unbranched alkanes of at least 4 members (excludes halogenated alkanes) is 1. The molecule has 4 fully saturated rings. The molecule has 8 atom stereocenters. The molecule has 8 unspecified atom stereocenters. The van der Waals surface area contributed by atoms with Gasteiger partial charge in [-0.2, -0.15) is 0 Å². The molecule has 3 aliphatic carbocycles. The van der Waals surface area contributed by atoms with E-state index in [1.165, 1.54) is 25.7 Å². The third-order valence-electron chi connectivity index (χ3n) is 7.47. The van der Waals surface area contributed by atoms with E-state index in [4.69, 9.17) is 14.2 Å². The van der Waals surface area contributed by atoms with E-state index >= 15 is 8.78 Å². The lowest BCUT2D eigenvalue weighted by Gasteiger charge is -2.37. The van der Waals surface area contributed by atoms with Crippen LogP contribution >= 0.6 is 0 Å². The highest BCUT2D eigenvalue weighted by Crippen LogP contribution is 2.50. The van der Waals surface area contributed by atoms with Crippen molar-refractivity contribution in [3.8, 4) is 0 Å². The zero-order valence-electron chi connectivity index (χ0n) is 16.7. The van der Waals surface area contributed by atoms with Gasteiger partial charge in [-0.1, -0.05) is 26.2 Å². The van der Waals surface area contributed by atoms with E-state index < -0.39 is 24.6 Å². The largest absolute Gasteiger partial charge is 0.375 e. The van der Waals surface area contributed by atoms with E-state index in [0.29, 0.717) is 19.1 Å². The lowest BCUT2D eigenvalue weighted by Crippen LogP contribution is -2.45. The second-order valence-electron chi connectivity index (χ2n) is 9.22. The summed E-state index contributed by atoms with van der Waals surface area (Å²) in [5.74, 6) is 0.884. The van der Waals surface area contributed by atoms with Gasteiger partial charge in [0.05, 0.1) is 24.4 Å². The maximum absolute atomic E-state index is 15.2. The van der Waals surface area contributed by atoms with E-state index in [0.717, 1.165) is 38.5 Å². The van der Waals surface area contributed by atoms with Crippen LogP contribution in [-0.4, -0.2) is 50.0 Å². The Morgan fingerprint density at radius 2 is 1.41 bits per heavy atom. The van der Waals surface area contributed by atoms with E-state index in [2.05, 4.69) is 6.92 Å². The standard InChI is InChI=1S/C22H36F2O3/c1-2-3-12-25-17-10-8-15-16-9-11-18(26-13-14-6-4-5-7-14)20(24)22(16)27-21(15)19(17)23/h14-22H,2-13H2,1H3. The van der Waals surface area contributed by atoms with Gasteiger partial charge in [-0.25, -0.2) is 8.78 Å². The van der Waals surface area contributed by atoms with Crippen LogP contribution in [0.2, 0.25) is 0 Å². The van der Waals surface area contributed by atoms with Crippen LogP contribution in [0, 0.1) is 17.8 Å². The predicted octanol–water partition coefficient (Wildman–Crippen LogP) is 5.01. The molecule has 0 radical (unpaired) electrons. The van der Waals surface area contributed by atoms with E-state index in [-0.39, 0.29) is 24.0 Å². The van der Waals surface area contributed by atoms with Crippen LogP contribution in [0.1, 0.15) is 71.1 Å². The number of hydrogen-bond acceptors (Lipinski definition) is 3. The molecule has 0 N–H and O–H groups in total. The Labute approximate surface area is 162 Å². The third kappa shape index (κ3) is 4.20. The smallest absolute Gasteiger partial charge is 0.152 e. The van der Waals surface area contributed by atoms with Gasteiger partial charge in [0.2, 0.25) is 0 Å². The first-order valence-electron chi connectivity index (χ1n) is 11.4. The molecule has 4 aliphatic rings. The molecule has 27 heavy (non-hydrogen) atoms. The van der Waals surface area contributed by atoms with E-state index in [1.807, 2.05) is 0 Å². The number of alkyl halides is 2. The summed E-state index contributed by atoms with van der Waals surface area (Å²) in [6.07, 6.45) is 6.23. The Hall–Kier alpha value is -0.260. The quantitative estimate of drug-likeness (QED) is 0.576. The molecule has 0 aromatic heterocycles. The van der Waals surface area contributed by atoms with Gasteiger partial charge in [0.25, 0.3) is 0 Å². The fraction of sp³-hybridized carbons (Fsp3) is 1.00.